The average Bonchev–Trinajstić information content (AvgIpc) is 2.49. The van der Waals surface area contributed by atoms with Crippen molar-refractivity contribution in [1.29, 1.82) is 0 Å². The largest absolute Gasteiger partial charge is 0.212 e. The molecular weight excluding hydrogens is 254 g/mol. The zero-order valence-corrected chi connectivity index (χ0v) is 12.8. The second-order valence-electron chi connectivity index (χ2n) is 5.54. The van der Waals surface area contributed by atoms with Crippen LogP contribution >= 0.6 is 0 Å². The molecule has 0 fully saturated rings. The number of pyridine rings is 1. The van der Waals surface area contributed by atoms with Crippen LogP contribution in [0.4, 0.5) is 0 Å². The summed E-state index contributed by atoms with van der Waals surface area (Å²) in [6.45, 7) is 4.31. The zero-order chi connectivity index (χ0) is 14.8. The second kappa shape index (κ2) is 5.53. The highest BCUT2D eigenvalue weighted by Gasteiger charge is 2.13. The number of hydrogen-bond acceptors (Lipinski definition) is 0. The molecule has 0 N–H and O–H groups in total. The Morgan fingerprint density at radius 3 is 1.81 bits per heavy atom. The summed E-state index contributed by atoms with van der Waals surface area (Å²) in [7, 11) is 2.11. The third-order valence-electron chi connectivity index (χ3n) is 4.01. The molecule has 0 aliphatic rings. The summed E-state index contributed by atoms with van der Waals surface area (Å²) in [5.74, 6) is 0. The van der Waals surface area contributed by atoms with E-state index in [-0.39, 0.29) is 0 Å². The van der Waals surface area contributed by atoms with Gasteiger partial charge in [0, 0.05) is 17.2 Å². The molecule has 1 heterocycles. The fourth-order valence-electron chi connectivity index (χ4n) is 2.80. The normalized spacial score (nSPS) is 10.6. The average molecular weight is 274 g/mol. The SMILES string of the molecule is Cc1ccccc1-c1ccc(-c2ccccc2C)[n+](C)c1. The minimum Gasteiger partial charge on any atom is -0.200 e. The van der Waals surface area contributed by atoms with Gasteiger partial charge in [-0.1, -0.05) is 42.5 Å². The Bertz CT molecular complexity index is 787. The smallest absolute Gasteiger partial charge is 0.200 e. The predicted octanol–water partition coefficient (Wildman–Crippen LogP) is 4.46. The number of aromatic nitrogens is 1. The molecule has 0 atom stereocenters. The third kappa shape index (κ3) is 2.59. The maximum atomic E-state index is 2.21. The molecule has 0 saturated carbocycles. The highest BCUT2D eigenvalue weighted by Crippen LogP contribution is 2.25. The first-order valence-corrected chi connectivity index (χ1v) is 7.28. The number of aryl methyl sites for hydroxylation is 3. The van der Waals surface area contributed by atoms with E-state index in [1.54, 1.807) is 0 Å². The van der Waals surface area contributed by atoms with Crippen molar-refractivity contribution in [3.8, 4) is 22.4 Å². The Kier molecular flexibility index (Phi) is 3.57. The molecule has 1 heteroatoms. The maximum Gasteiger partial charge on any atom is 0.212 e. The van der Waals surface area contributed by atoms with Gasteiger partial charge in [-0.3, -0.25) is 0 Å². The molecule has 0 amide bonds. The molecule has 21 heavy (non-hydrogen) atoms. The van der Waals surface area contributed by atoms with Gasteiger partial charge in [0.15, 0.2) is 6.20 Å². The Hall–Kier alpha value is -2.41. The zero-order valence-electron chi connectivity index (χ0n) is 12.8. The van der Waals surface area contributed by atoms with Crippen LogP contribution in [0.15, 0.2) is 66.9 Å². The van der Waals surface area contributed by atoms with Crippen LogP contribution < -0.4 is 4.57 Å². The molecule has 0 radical (unpaired) electrons. The van der Waals surface area contributed by atoms with E-state index in [0.29, 0.717) is 0 Å². The van der Waals surface area contributed by atoms with E-state index < -0.39 is 0 Å². The molecule has 104 valence electrons. The van der Waals surface area contributed by atoms with E-state index in [1.165, 1.54) is 33.5 Å². The third-order valence-corrected chi connectivity index (χ3v) is 4.01. The molecule has 0 saturated heterocycles. The molecule has 0 aliphatic carbocycles. The van der Waals surface area contributed by atoms with E-state index in [1.807, 2.05) is 0 Å². The Morgan fingerprint density at radius 2 is 1.24 bits per heavy atom. The monoisotopic (exact) mass is 274 g/mol. The quantitative estimate of drug-likeness (QED) is 0.607. The van der Waals surface area contributed by atoms with Gasteiger partial charge in [0.25, 0.3) is 0 Å². The van der Waals surface area contributed by atoms with Gasteiger partial charge in [0.05, 0.1) is 0 Å². The van der Waals surface area contributed by atoms with Crippen molar-refractivity contribution in [2.45, 2.75) is 13.8 Å². The van der Waals surface area contributed by atoms with E-state index in [2.05, 4.69) is 92.3 Å². The molecular formula is C20H20N+. The standard InChI is InChI=1S/C20H20N/c1-15-8-4-6-10-18(15)17-12-13-20(21(3)14-17)19-11-7-5-9-16(19)2/h4-14H,1-3H3/q+1. The lowest BCUT2D eigenvalue weighted by atomic mass is 10.00. The van der Waals surface area contributed by atoms with Crippen LogP contribution in [0.3, 0.4) is 0 Å². The first-order chi connectivity index (χ1) is 10.2. The number of nitrogens with zero attached hydrogens (tertiary/aromatic N) is 1. The van der Waals surface area contributed by atoms with E-state index in [9.17, 15) is 0 Å². The second-order valence-corrected chi connectivity index (χ2v) is 5.54. The first kappa shape index (κ1) is 13.6. The maximum absolute atomic E-state index is 2.21. The number of benzene rings is 2. The Labute approximate surface area is 126 Å². The van der Waals surface area contributed by atoms with Crippen LogP contribution in [-0.2, 0) is 7.05 Å². The molecule has 0 spiro atoms. The van der Waals surface area contributed by atoms with Crippen molar-refractivity contribution in [3.05, 3.63) is 78.0 Å². The van der Waals surface area contributed by atoms with E-state index >= 15 is 0 Å². The van der Waals surface area contributed by atoms with Crippen LogP contribution in [0.25, 0.3) is 22.4 Å². The molecule has 3 aromatic rings. The van der Waals surface area contributed by atoms with Crippen LogP contribution in [0.2, 0.25) is 0 Å². The van der Waals surface area contributed by atoms with Gasteiger partial charge in [-0.15, -0.1) is 0 Å². The van der Waals surface area contributed by atoms with Crippen molar-refractivity contribution < 1.29 is 4.57 Å². The predicted molar refractivity (Wildman–Crippen MR) is 88.0 cm³/mol. The summed E-state index contributed by atoms with van der Waals surface area (Å²) in [5.41, 5.74) is 7.69. The van der Waals surface area contributed by atoms with Gasteiger partial charge >= 0.3 is 0 Å². The molecule has 0 unspecified atom stereocenters. The van der Waals surface area contributed by atoms with Gasteiger partial charge in [-0.2, -0.15) is 0 Å². The van der Waals surface area contributed by atoms with Gasteiger partial charge in [-0.25, -0.2) is 4.57 Å². The van der Waals surface area contributed by atoms with Crippen LogP contribution in [0, 0.1) is 13.8 Å². The van der Waals surface area contributed by atoms with Gasteiger partial charge < -0.3 is 0 Å². The Balaban J connectivity index is 2.09. The summed E-state index contributed by atoms with van der Waals surface area (Å²) in [6, 6.07) is 21.5. The summed E-state index contributed by atoms with van der Waals surface area (Å²) in [5, 5.41) is 0. The number of hydrogen-bond donors (Lipinski definition) is 0. The van der Waals surface area contributed by atoms with E-state index in [0.717, 1.165) is 0 Å². The molecule has 0 bridgehead atoms. The lowest BCUT2D eigenvalue weighted by Crippen LogP contribution is -2.30. The topological polar surface area (TPSA) is 3.88 Å². The molecule has 3 rings (SSSR count). The van der Waals surface area contributed by atoms with Crippen molar-refractivity contribution >= 4 is 0 Å². The van der Waals surface area contributed by atoms with Gasteiger partial charge in [0.2, 0.25) is 5.69 Å². The van der Waals surface area contributed by atoms with Crippen LogP contribution in [-0.4, -0.2) is 0 Å². The lowest BCUT2D eigenvalue weighted by Gasteiger charge is -2.07. The highest BCUT2D eigenvalue weighted by atomic mass is 14.9. The first-order valence-electron chi connectivity index (χ1n) is 7.28. The summed E-state index contributed by atoms with van der Waals surface area (Å²) >= 11 is 0. The van der Waals surface area contributed by atoms with Crippen molar-refractivity contribution in [2.24, 2.45) is 7.05 Å². The molecule has 0 aliphatic heterocycles. The lowest BCUT2D eigenvalue weighted by molar-refractivity contribution is -0.659. The molecule has 1 aromatic heterocycles. The summed E-state index contributed by atoms with van der Waals surface area (Å²) in [4.78, 5) is 0. The van der Waals surface area contributed by atoms with Crippen molar-refractivity contribution in [2.75, 3.05) is 0 Å². The van der Waals surface area contributed by atoms with Crippen LogP contribution in [0.1, 0.15) is 11.1 Å². The minimum atomic E-state index is 1.24. The van der Waals surface area contributed by atoms with Crippen molar-refractivity contribution in [3.63, 3.8) is 0 Å². The van der Waals surface area contributed by atoms with Crippen LogP contribution in [0.5, 0.6) is 0 Å². The number of rotatable bonds is 2. The van der Waals surface area contributed by atoms with Gasteiger partial charge in [-0.05, 0) is 42.7 Å². The minimum absolute atomic E-state index is 1.24. The summed E-state index contributed by atoms with van der Waals surface area (Å²) in [6.07, 6.45) is 2.21. The highest BCUT2D eigenvalue weighted by molar-refractivity contribution is 5.68. The summed E-state index contributed by atoms with van der Waals surface area (Å²) < 4.78 is 2.21. The fourth-order valence-corrected chi connectivity index (χ4v) is 2.80. The Morgan fingerprint density at radius 1 is 0.667 bits per heavy atom. The van der Waals surface area contributed by atoms with Gasteiger partial charge in [0.1, 0.15) is 7.05 Å². The molecule has 2 aromatic carbocycles. The van der Waals surface area contributed by atoms with E-state index in [4.69, 9.17) is 0 Å². The fraction of sp³-hybridized carbons (Fsp3) is 0.150. The van der Waals surface area contributed by atoms with Crippen molar-refractivity contribution in [1.82, 2.24) is 0 Å². The molecule has 1 nitrogen and oxygen atoms in total.